The summed E-state index contributed by atoms with van der Waals surface area (Å²) in [5.41, 5.74) is 1.13. The third-order valence-corrected chi connectivity index (χ3v) is 3.78. The minimum Gasteiger partial charge on any atom is -0.481 e. The van der Waals surface area contributed by atoms with Gasteiger partial charge in [0.05, 0.1) is 0 Å². The molecule has 2 N–H and O–H groups in total. The standard InChI is InChI=1S/C16H24N2O2.ClH/c1-11-5-4-6-14(9-11)20-13(3)16(19)18-15-7-8-17-10-12(15)2;/h4-6,9,12-13,15,17H,7-8,10H2,1-3H3,(H,18,19);1H. The normalized spacial score (nSPS) is 22.8. The van der Waals surface area contributed by atoms with Crippen LogP contribution in [0.1, 0.15) is 25.8 Å². The van der Waals surface area contributed by atoms with Crippen LogP contribution in [0.3, 0.4) is 0 Å². The zero-order chi connectivity index (χ0) is 14.5. The van der Waals surface area contributed by atoms with Gasteiger partial charge in [-0.2, -0.15) is 0 Å². The van der Waals surface area contributed by atoms with Crippen molar-refractivity contribution in [2.24, 2.45) is 5.92 Å². The zero-order valence-corrected chi connectivity index (χ0v) is 13.7. The van der Waals surface area contributed by atoms with Gasteiger partial charge in [0.15, 0.2) is 6.10 Å². The van der Waals surface area contributed by atoms with Gasteiger partial charge in [-0.15, -0.1) is 12.4 Å². The molecule has 1 heterocycles. The van der Waals surface area contributed by atoms with Crippen molar-refractivity contribution in [1.29, 1.82) is 0 Å². The first-order chi connectivity index (χ1) is 9.56. The Morgan fingerprint density at radius 3 is 2.90 bits per heavy atom. The van der Waals surface area contributed by atoms with Gasteiger partial charge in [0.25, 0.3) is 5.91 Å². The van der Waals surface area contributed by atoms with Crippen molar-refractivity contribution in [2.45, 2.75) is 39.3 Å². The summed E-state index contributed by atoms with van der Waals surface area (Å²) in [5.74, 6) is 1.16. The highest BCUT2D eigenvalue weighted by Crippen LogP contribution is 2.15. The van der Waals surface area contributed by atoms with E-state index in [9.17, 15) is 4.79 Å². The van der Waals surface area contributed by atoms with Crippen LogP contribution in [0.5, 0.6) is 5.75 Å². The van der Waals surface area contributed by atoms with Crippen LogP contribution in [0, 0.1) is 12.8 Å². The van der Waals surface area contributed by atoms with Gasteiger partial charge in [0, 0.05) is 6.04 Å². The topological polar surface area (TPSA) is 50.4 Å². The summed E-state index contributed by atoms with van der Waals surface area (Å²) in [6.45, 7) is 7.88. The Morgan fingerprint density at radius 1 is 1.48 bits per heavy atom. The van der Waals surface area contributed by atoms with E-state index in [0.29, 0.717) is 5.92 Å². The van der Waals surface area contributed by atoms with E-state index in [2.05, 4.69) is 17.6 Å². The maximum absolute atomic E-state index is 12.2. The number of ether oxygens (including phenoxy) is 1. The monoisotopic (exact) mass is 312 g/mol. The van der Waals surface area contributed by atoms with Gasteiger partial charge in [-0.05, 0) is 57.0 Å². The molecule has 0 bridgehead atoms. The minimum absolute atomic E-state index is 0. The number of benzene rings is 1. The predicted molar refractivity (Wildman–Crippen MR) is 87.1 cm³/mol. The lowest BCUT2D eigenvalue weighted by Gasteiger charge is -2.31. The highest BCUT2D eigenvalue weighted by atomic mass is 35.5. The maximum atomic E-state index is 12.2. The van der Waals surface area contributed by atoms with E-state index in [1.165, 1.54) is 0 Å². The number of hydrogen-bond donors (Lipinski definition) is 2. The first-order valence-electron chi connectivity index (χ1n) is 7.30. The summed E-state index contributed by atoms with van der Waals surface area (Å²) in [4.78, 5) is 12.2. The first kappa shape index (κ1) is 17.8. The number of carbonyl (C=O) groups is 1. The number of amides is 1. The van der Waals surface area contributed by atoms with Crippen LogP contribution in [0.2, 0.25) is 0 Å². The van der Waals surface area contributed by atoms with Crippen molar-refractivity contribution in [3.63, 3.8) is 0 Å². The van der Waals surface area contributed by atoms with E-state index >= 15 is 0 Å². The Kier molecular flexibility index (Phi) is 6.99. The third-order valence-electron chi connectivity index (χ3n) is 3.78. The summed E-state index contributed by atoms with van der Waals surface area (Å²) in [6.07, 6.45) is 0.503. The molecule has 5 heteroatoms. The molecule has 4 nitrogen and oxygen atoms in total. The van der Waals surface area contributed by atoms with Crippen LogP contribution >= 0.6 is 12.4 Å². The van der Waals surface area contributed by atoms with Crippen molar-refractivity contribution >= 4 is 18.3 Å². The lowest BCUT2D eigenvalue weighted by molar-refractivity contribution is -0.128. The molecule has 1 fully saturated rings. The second-order valence-corrected chi connectivity index (χ2v) is 5.66. The molecule has 1 aromatic rings. The van der Waals surface area contributed by atoms with Gasteiger partial charge in [-0.1, -0.05) is 19.1 Å². The molecule has 0 aromatic heterocycles. The summed E-state index contributed by atoms with van der Waals surface area (Å²) in [7, 11) is 0. The lowest BCUT2D eigenvalue weighted by Crippen LogP contribution is -2.51. The highest BCUT2D eigenvalue weighted by Gasteiger charge is 2.25. The summed E-state index contributed by atoms with van der Waals surface area (Å²) < 4.78 is 5.71. The second-order valence-electron chi connectivity index (χ2n) is 5.66. The fraction of sp³-hybridized carbons (Fsp3) is 0.562. The van der Waals surface area contributed by atoms with E-state index < -0.39 is 6.10 Å². The van der Waals surface area contributed by atoms with Gasteiger partial charge in [-0.25, -0.2) is 0 Å². The Labute approximate surface area is 133 Å². The summed E-state index contributed by atoms with van der Waals surface area (Å²) >= 11 is 0. The minimum atomic E-state index is -0.473. The molecule has 3 atom stereocenters. The molecule has 1 aliphatic heterocycles. The van der Waals surface area contributed by atoms with Gasteiger partial charge < -0.3 is 15.4 Å². The fourth-order valence-electron chi connectivity index (χ4n) is 2.47. The molecule has 1 aromatic carbocycles. The Balaban J connectivity index is 0.00000220. The average Bonchev–Trinajstić information content (AvgIpc) is 2.41. The number of hydrogen-bond acceptors (Lipinski definition) is 3. The molecular weight excluding hydrogens is 288 g/mol. The molecule has 21 heavy (non-hydrogen) atoms. The van der Waals surface area contributed by atoms with E-state index in [-0.39, 0.29) is 24.4 Å². The number of piperidine rings is 1. The van der Waals surface area contributed by atoms with Crippen LogP contribution in [0.4, 0.5) is 0 Å². The lowest BCUT2D eigenvalue weighted by atomic mass is 9.95. The molecule has 0 spiro atoms. The molecule has 0 aliphatic carbocycles. The number of aryl methyl sites for hydroxylation is 1. The van der Waals surface area contributed by atoms with E-state index in [0.717, 1.165) is 30.8 Å². The van der Waals surface area contributed by atoms with Crippen LogP contribution in [0.15, 0.2) is 24.3 Å². The fourth-order valence-corrected chi connectivity index (χ4v) is 2.47. The first-order valence-corrected chi connectivity index (χ1v) is 7.30. The largest absolute Gasteiger partial charge is 0.481 e. The molecule has 3 unspecified atom stereocenters. The maximum Gasteiger partial charge on any atom is 0.261 e. The third kappa shape index (κ3) is 5.21. The zero-order valence-electron chi connectivity index (χ0n) is 12.9. The summed E-state index contributed by atoms with van der Waals surface area (Å²) in [6, 6.07) is 8.01. The number of nitrogens with one attached hydrogen (secondary N) is 2. The van der Waals surface area contributed by atoms with E-state index in [4.69, 9.17) is 4.74 Å². The molecule has 2 rings (SSSR count). The Bertz CT molecular complexity index is 467. The summed E-state index contributed by atoms with van der Waals surface area (Å²) in [5, 5.41) is 6.43. The van der Waals surface area contributed by atoms with Crippen LogP contribution in [-0.4, -0.2) is 31.1 Å². The molecule has 1 amide bonds. The van der Waals surface area contributed by atoms with E-state index in [1.54, 1.807) is 6.92 Å². The van der Waals surface area contributed by atoms with Crippen molar-refractivity contribution in [3.8, 4) is 5.75 Å². The van der Waals surface area contributed by atoms with Gasteiger partial charge in [0.1, 0.15) is 5.75 Å². The number of rotatable bonds is 4. The van der Waals surface area contributed by atoms with Crippen LogP contribution in [0.25, 0.3) is 0 Å². The Hall–Kier alpha value is -1.26. The van der Waals surface area contributed by atoms with Gasteiger partial charge in [-0.3, -0.25) is 4.79 Å². The molecular formula is C16H25ClN2O2. The van der Waals surface area contributed by atoms with Gasteiger partial charge in [0.2, 0.25) is 0 Å². The van der Waals surface area contributed by atoms with Gasteiger partial charge >= 0.3 is 0 Å². The second kappa shape index (κ2) is 8.25. The highest BCUT2D eigenvalue weighted by molar-refractivity contribution is 5.85. The van der Waals surface area contributed by atoms with Crippen molar-refractivity contribution < 1.29 is 9.53 Å². The molecule has 118 valence electrons. The van der Waals surface area contributed by atoms with E-state index in [1.807, 2.05) is 31.2 Å². The predicted octanol–water partition coefficient (Wildman–Crippen LogP) is 2.30. The average molecular weight is 313 g/mol. The molecule has 0 saturated carbocycles. The number of carbonyl (C=O) groups excluding carboxylic acids is 1. The van der Waals surface area contributed by atoms with Crippen LogP contribution < -0.4 is 15.4 Å². The molecule has 1 saturated heterocycles. The SMILES string of the molecule is Cc1cccc(OC(C)C(=O)NC2CCNCC2C)c1.Cl. The molecule has 1 aliphatic rings. The van der Waals surface area contributed by atoms with Crippen molar-refractivity contribution in [3.05, 3.63) is 29.8 Å². The van der Waals surface area contributed by atoms with Crippen molar-refractivity contribution in [2.75, 3.05) is 13.1 Å². The Morgan fingerprint density at radius 2 is 2.24 bits per heavy atom. The van der Waals surface area contributed by atoms with Crippen LogP contribution in [-0.2, 0) is 4.79 Å². The molecule has 0 radical (unpaired) electrons. The smallest absolute Gasteiger partial charge is 0.261 e. The quantitative estimate of drug-likeness (QED) is 0.897. The number of halogens is 1. The van der Waals surface area contributed by atoms with Crippen molar-refractivity contribution in [1.82, 2.24) is 10.6 Å².